The topological polar surface area (TPSA) is 22.1 Å². The summed E-state index contributed by atoms with van der Waals surface area (Å²) in [6, 6.07) is 39.6. The van der Waals surface area contributed by atoms with Gasteiger partial charge in [0.15, 0.2) is 0 Å². The van der Waals surface area contributed by atoms with Crippen LogP contribution in [-0.4, -0.2) is 12.8 Å². The molecule has 1 aromatic heterocycles. The molecule has 0 atom stereocenters. The molecule has 35 heavy (non-hydrogen) atoms. The van der Waals surface area contributed by atoms with Gasteiger partial charge in [0, 0.05) is 5.56 Å². The highest BCUT2D eigenvalue weighted by Gasteiger charge is 2.19. The summed E-state index contributed by atoms with van der Waals surface area (Å²) >= 11 is 0. The molecule has 0 amide bonds. The molecule has 4 aromatic carbocycles. The molecule has 0 N–H and O–H groups in total. The van der Waals surface area contributed by atoms with Gasteiger partial charge in [0.25, 0.3) is 0 Å². The predicted octanol–water partition coefficient (Wildman–Crippen LogP) is 5.91. The van der Waals surface area contributed by atoms with E-state index in [2.05, 4.69) is 60.7 Å². The van der Waals surface area contributed by atoms with Gasteiger partial charge in [-0.3, -0.25) is 4.98 Å². The quantitative estimate of drug-likeness (QED) is 0.284. The van der Waals surface area contributed by atoms with Crippen molar-refractivity contribution in [3.63, 3.8) is 0 Å². The number of benzene rings is 4. The third kappa shape index (κ3) is 5.17. The SMILES string of the molecule is Bc1cccc(-c2cccc(C(c3ccccc3)c3ccccc3)n2)c1OCc1ccc(F)cc1. The first-order valence-electron chi connectivity index (χ1n) is 11.7. The molecule has 0 radical (unpaired) electrons. The highest BCUT2D eigenvalue weighted by molar-refractivity contribution is 6.34. The molecule has 5 rings (SSSR count). The van der Waals surface area contributed by atoms with Crippen LogP contribution in [0.1, 0.15) is 28.3 Å². The Morgan fingerprint density at radius 3 is 1.97 bits per heavy atom. The van der Waals surface area contributed by atoms with Crippen molar-refractivity contribution in [1.29, 1.82) is 0 Å². The molecule has 1 heterocycles. The van der Waals surface area contributed by atoms with E-state index in [-0.39, 0.29) is 11.7 Å². The van der Waals surface area contributed by atoms with Crippen LogP contribution in [0.25, 0.3) is 11.3 Å². The molecular formula is C31H25BFNO. The second-order valence-corrected chi connectivity index (χ2v) is 8.57. The van der Waals surface area contributed by atoms with Gasteiger partial charge in [-0.1, -0.05) is 91.0 Å². The van der Waals surface area contributed by atoms with Crippen LogP contribution in [0.4, 0.5) is 4.39 Å². The molecule has 5 aromatic rings. The van der Waals surface area contributed by atoms with Gasteiger partial charge in [-0.15, -0.1) is 0 Å². The van der Waals surface area contributed by atoms with Gasteiger partial charge in [-0.25, -0.2) is 4.39 Å². The lowest BCUT2D eigenvalue weighted by atomic mass is 9.87. The summed E-state index contributed by atoms with van der Waals surface area (Å²) in [6.45, 7) is 0.356. The van der Waals surface area contributed by atoms with Gasteiger partial charge >= 0.3 is 0 Å². The zero-order valence-corrected chi connectivity index (χ0v) is 19.6. The fourth-order valence-electron chi connectivity index (χ4n) is 4.37. The summed E-state index contributed by atoms with van der Waals surface area (Å²) < 4.78 is 19.6. The lowest BCUT2D eigenvalue weighted by Crippen LogP contribution is -2.11. The minimum atomic E-state index is -0.252. The molecule has 0 aliphatic rings. The average molecular weight is 457 g/mol. The average Bonchev–Trinajstić information content (AvgIpc) is 2.90. The molecule has 0 aliphatic carbocycles. The van der Waals surface area contributed by atoms with Crippen molar-refractivity contribution in [3.8, 4) is 17.0 Å². The van der Waals surface area contributed by atoms with Crippen LogP contribution in [-0.2, 0) is 6.61 Å². The number of para-hydroxylation sites is 1. The summed E-state index contributed by atoms with van der Waals surface area (Å²) in [5.74, 6) is 0.556. The molecule has 2 nitrogen and oxygen atoms in total. The molecule has 0 bridgehead atoms. The Bertz CT molecular complexity index is 1370. The summed E-state index contributed by atoms with van der Waals surface area (Å²) in [6.07, 6.45) is 0. The monoisotopic (exact) mass is 457 g/mol. The number of hydrogen-bond acceptors (Lipinski definition) is 2. The fraction of sp³-hybridized carbons (Fsp3) is 0.0645. The van der Waals surface area contributed by atoms with Crippen molar-refractivity contribution in [2.75, 3.05) is 0 Å². The Morgan fingerprint density at radius 1 is 0.686 bits per heavy atom. The van der Waals surface area contributed by atoms with E-state index in [1.165, 1.54) is 23.3 Å². The van der Waals surface area contributed by atoms with Gasteiger partial charge in [0.2, 0.25) is 0 Å². The summed E-state index contributed by atoms with van der Waals surface area (Å²) in [4.78, 5) is 5.13. The first-order chi connectivity index (χ1) is 17.2. The first-order valence-corrected chi connectivity index (χ1v) is 11.7. The van der Waals surface area contributed by atoms with Crippen molar-refractivity contribution in [3.05, 3.63) is 150 Å². The van der Waals surface area contributed by atoms with E-state index in [0.717, 1.165) is 33.7 Å². The highest BCUT2D eigenvalue weighted by atomic mass is 19.1. The lowest BCUT2D eigenvalue weighted by Gasteiger charge is -2.19. The fourth-order valence-corrected chi connectivity index (χ4v) is 4.37. The number of halogens is 1. The smallest absolute Gasteiger partial charge is 0.144 e. The predicted molar refractivity (Wildman–Crippen MR) is 142 cm³/mol. The number of aromatic nitrogens is 1. The molecule has 0 unspecified atom stereocenters. The van der Waals surface area contributed by atoms with Crippen molar-refractivity contribution >= 4 is 13.3 Å². The Balaban J connectivity index is 1.53. The van der Waals surface area contributed by atoms with Crippen LogP contribution in [0.2, 0.25) is 0 Å². The first kappa shape index (κ1) is 22.6. The minimum Gasteiger partial charge on any atom is -0.489 e. The summed E-state index contributed by atoms with van der Waals surface area (Å²) in [5.41, 5.74) is 7.10. The number of rotatable bonds is 7. The standard InChI is InChI=1S/C31H25BFNO/c32-27-14-7-13-26(31(27)35-21-22-17-19-25(33)20-18-22)28-15-8-16-29(34-28)30(23-9-3-1-4-10-23)24-11-5-2-6-12-24/h1-20,30H,21,32H2. The van der Waals surface area contributed by atoms with Crippen molar-refractivity contribution in [1.82, 2.24) is 4.98 Å². The van der Waals surface area contributed by atoms with Crippen LogP contribution in [0.15, 0.2) is 121 Å². The number of nitrogens with zero attached hydrogens (tertiary/aromatic N) is 1. The molecule has 0 fully saturated rings. The Morgan fingerprint density at radius 2 is 1.31 bits per heavy atom. The normalized spacial score (nSPS) is 10.9. The summed E-state index contributed by atoms with van der Waals surface area (Å²) in [7, 11) is 2.03. The minimum absolute atomic E-state index is 0.0192. The molecule has 4 heteroatoms. The van der Waals surface area contributed by atoms with E-state index in [4.69, 9.17) is 9.72 Å². The van der Waals surface area contributed by atoms with Crippen LogP contribution < -0.4 is 10.2 Å². The van der Waals surface area contributed by atoms with Crippen LogP contribution >= 0.6 is 0 Å². The number of pyridine rings is 1. The maximum absolute atomic E-state index is 13.3. The highest BCUT2D eigenvalue weighted by Crippen LogP contribution is 2.33. The van der Waals surface area contributed by atoms with Gasteiger partial charge in [-0.2, -0.15) is 0 Å². The third-order valence-electron chi connectivity index (χ3n) is 6.12. The van der Waals surface area contributed by atoms with Crippen molar-refractivity contribution in [2.24, 2.45) is 0 Å². The van der Waals surface area contributed by atoms with E-state index >= 15 is 0 Å². The number of ether oxygens (including phenoxy) is 1. The second-order valence-electron chi connectivity index (χ2n) is 8.57. The van der Waals surface area contributed by atoms with Gasteiger partial charge in [-0.05, 0) is 52.5 Å². The van der Waals surface area contributed by atoms with Crippen molar-refractivity contribution in [2.45, 2.75) is 12.5 Å². The number of hydrogen-bond donors (Lipinski definition) is 0. The Hall–Kier alpha value is -4.18. The van der Waals surface area contributed by atoms with E-state index in [1.807, 2.05) is 44.2 Å². The Kier molecular flexibility index (Phi) is 6.71. The van der Waals surface area contributed by atoms with E-state index in [0.29, 0.717) is 6.61 Å². The van der Waals surface area contributed by atoms with E-state index in [9.17, 15) is 4.39 Å². The van der Waals surface area contributed by atoms with Crippen LogP contribution in [0.3, 0.4) is 0 Å². The molecule has 0 saturated carbocycles. The zero-order chi connectivity index (χ0) is 24.0. The van der Waals surface area contributed by atoms with Gasteiger partial charge in [0.1, 0.15) is 26.0 Å². The Labute approximate surface area is 206 Å². The van der Waals surface area contributed by atoms with Gasteiger partial charge < -0.3 is 4.74 Å². The maximum Gasteiger partial charge on any atom is 0.144 e. The largest absolute Gasteiger partial charge is 0.489 e. The molecular weight excluding hydrogens is 432 g/mol. The molecule has 0 aliphatic heterocycles. The van der Waals surface area contributed by atoms with E-state index < -0.39 is 0 Å². The molecule has 0 spiro atoms. The molecule has 0 saturated heterocycles. The van der Waals surface area contributed by atoms with Crippen LogP contribution in [0.5, 0.6) is 5.75 Å². The molecule has 170 valence electrons. The van der Waals surface area contributed by atoms with Gasteiger partial charge in [0.05, 0.1) is 17.3 Å². The summed E-state index contributed by atoms with van der Waals surface area (Å²) in [5, 5.41) is 0. The maximum atomic E-state index is 13.3. The zero-order valence-electron chi connectivity index (χ0n) is 19.6. The van der Waals surface area contributed by atoms with Crippen molar-refractivity contribution < 1.29 is 9.13 Å². The third-order valence-corrected chi connectivity index (χ3v) is 6.12. The lowest BCUT2D eigenvalue weighted by molar-refractivity contribution is 0.310. The van der Waals surface area contributed by atoms with Crippen LogP contribution in [0, 0.1) is 5.82 Å². The van der Waals surface area contributed by atoms with E-state index in [1.54, 1.807) is 12.1 Å². The second kappa shape index (κ2) is 10.4.